The van der Waals surface area contributed by atoms with Gasteiger partial charge in [0.15, 0.2) is 0 Å². The van der Waals surface area contributed by atoms with E-state index in [1.807, 2.05) is 30.3 Å². The second-order valence-electron chi connectivity index (χ2n) is 5.55. The van der Waals surface area contributed by atoms with Crippen molar-refractivity contribution in [2.24, 2.45) is 0 Å². The number of nitrogens with one attached hydrogen (secondary N) is 1. The van der Waals surface area contributed by atoms with Gasteiger partial charge in [0, 0.05) is 18.4 Å². The summed E-state index contributed by atoms with van der Waals surface area (Å²) in [7, 11) is 0. The summed E-state index contributed by atoms with van der Waals surface area (Å²) in [5.74, 6) is 0.358. The predicted octanol–water partition coefficient (Wildman–Crippen LogP) is 2.31. The van der Waals surface area contributed by atoms with Crippen LogP contribution in [0.5, 0.6) is 0 Å². The molecule has 0 aliphatic carbocycles. The monoisotopic (exact) mass is 325 g/mol. The lowest BCUT2D eigenvalue weighted by Crippen LogP contribution is -2.35. The first kappa shape index (κ1) is 16.0. The van der Waals surface area contributed by atoms with Crippen molar-refractivity contribution in [2.45, 2.75) is 19.1 Å². The van der Waals surface area contributed by atoms with Crippen LogP contribution in [0.25, 0.3) is 0 Å². The zero-order valence-electron chi connectivity index (χ0n) is 13.1. The Bertz CT molecular complexity index is 739. The number of carbonyl (C=O) groups is 1. The first-order valence-electron chi connectivity index (χ1n) is 7.74. The van der Waals surface area contributed by atoms with Gasteiger partial charge in [0.25, 0.3) is 0 Å². The summed E-state index contributed by atoms with van der Waals surface area (Å²) in [6.07, 6.45) is 2.46. The van der Waals surface area contributed by atoms with Crippen molar-refractivity contribution in [3.63, 3.8) is 0 Å². The average Bonchev–Trinajstić information content (AvgIpc) is 3.29. The number of aliphatic hydroxyl groups excluding tert-OH is 1. The number of aliphatic hydroxyl groups is 1. The van der Waals surface area contributed by atoms with Gasteiger partial charge in [-0.05, 0) is 23.8 Å². The number of furan rings is 1. The molecule has 0 bridgehead atoms. The Kier molecular flexibility index (Phi) is 5.08. The van der Waals surface area contributed by atoms with Crippen molar-refractivity contribution in [1.29, 1.82) is 0 Å². The molecule has 6 heteroatoms. The van der Waals surface area contributed by atoms with E-state index < -0.39 is 6.10 Å². The molecule has 1 aromatic carbocycles. The number of hydrogen-bond donors (Lipinski definition) is 2. The molecular weight excluding hydrogens is 306 g/mol. The summed E-state index contributed by atoms with van der Waals surface area (Å²) in [4.78, 5) is 14.3. The maximum absolute atomic E-state index is 12.7. The second-order valence-corrected chi connectivity index (χ2v) is 5.55. The first-order valence-corrected chi connectivity index (χ1v) is 7.74. The number of aromatic nitrogens is 2. The minimum Gasteiger partial charge on any atom is -0.467 e. The smallest absolute Gasteiger partial charge is 0.228 e. The molecule has 24 heavy (non-hydrogen) atoms. The summed E-state index contributed by atoms with van der Waals surface area (Å²) < 4.78 is 5.23. The molecule has 124 valence electrons. The molecule has 0 saturated carbocycles. The van der Waals surface area contributed by atoms with Gasteiger partial charge >= 0.3 is 0 Å². The Labute approximate surface area is 139 Å². The fraction of sp³-hybridized carbons (Fsp3) is 0.222. The molecule has 0 spiro atoms. The van der Waals surface area contributed by atoms with Gasteiger partial charge in [0.2, 0.25) is 5.91 Å². The van der Waals surface area contributed by atoms with E-state index in [9.17, 15) is 9.90 Å². The van der Waals surface area contributed by atoms with Crippen LogP contribution in [0.2, 0.25) is 0 Å². The van der Waals surface area contributed by atoms with Crippen molar-refractivity contribution in [1.82, 2.24) is 15.1 Å². The van der Waals surface area contributed by atoms with E-state index in [1.165, 1.54) is 6.26 Å². The number of nitrogens with zero attached hydrogens (tertiary/aromatic N) is 2. The van der Waals surface area contributed by atoms with Crippen LogP contribution in [0.3, 0.4) is 0 Å². The summed E-state index contributed by atoms with van der Waals surface area (Å²) in [5.41, 5.74) is 1.74. The molecule has 3 rings (SSSR count). The van der Waals surface area contributed by atoms with Gasteiger partial charge in [0.05, 0.1) is 19.2 Å². The average molecular weight is 325 g/mol. The van der Waals surface area contributed by atoms with Gasteiger partial charge < -0.3 is 14.4 Å². The van der Waals surface area contributed by atoms with Gasteiger partial charge in [-0.25, -0.2) is 0 Å². The molecule has 1 atom stereocenters. The lowest BCUT2D eigenvalue weighted by Gasteiger charge is -2.25. The molecule has 2 aromatic heterocycles. The normalized spacial score (nSPS) is 12.0. The van der Waals surface area contributed by atoms with Crippen LogP contribution in [0.1, 0.15) is 23.1 Å². The number of rotatable bonds is 7. The lowest BCUT2D eigenvalue weighted by molar-refractivity contribution is -0.132. The Balaban J connectivity index is 1.73. The fourth-order valence-corrected chi connectivity index (χ4v) is 2.50. The number of aromatic amines is 1. The van der Waals surface area contributed by atoms with Crippen molar-refractivity contribution in [2.75, 3.05) is 6.54 Å². The first-order chi connectivity index (χ1) is 11.7. The number of benzene rings is 1. The van der Waals surface area contributed by atoms with E-state index in [0.717, 1.165) is 11.3 Å². The molecular formula is C18H19N3O3. The molecule has 2 N–H and O–H groups in total. The van der Waals surface area contributed by atoms with Crippen molar-refractivity contribution in [3.8, 4) is 0 Å². The molecule has 1 unspecified atom stereocenters. The van der Waals surface area contributed by atoms with E-state index in [-0.39, 0.29) is 18.9 Å². The van der Waals surface area contributed by atoms with Crippen molar-refractivity contribution in [3.05, 3.63) is 78.0 Å². The second kappa shape index (κ2) is 7.61. The van der Waals surface area contributed by atoms with Crippen LogP contribution in [0.4, 0.5) is 0 Å². The van der Waals surface area contributed by atoms with E-state index >= 15 is 0 Å². The Hall–Kier alpha value is -2.86. The van der Waals surface area contributed by atoms with E-state index in [0.29, 0.717) is 12.3 Å². The highest BCUT2D eigenvalue weighted by atomic mass is 16.4. The molecule has 0 fully saturated rings. The van der Waals surface area contributed by atoms with Crippen LogP contribution < -0.4 is 0 Å². The third-order valence-electron chi connectivity index (χ3n) is 3.73. The number of amides is 1. The van der Waals surface area contributed by atoms with Crippen LogP contribution in [-0.2, 0) is 17.8 Å². The van der Waals surface area contributed by atoms with Crippen LogP contribution in [0.15, 0.2) is 65.4 Å². The highest BCUT2D eigenvalue weighted by Crippen LogP contribution is 2.17. The number of H-pyrrole nitrogens is 1. The quantitative estimate of drug-likeness (QED) is 0.698. The number of carbonyl (C=O) groups excluding carboxylic acids is 1. The van der Waals surface area contributed by atoms with E-state index in [1.54, 1.807) is 29.3 Å². The maximum atomic E-state index is 12.7. The third-order valence-corrected chi connectivity index (χ3v) is 3.73. The van der Waals surface area contributed by atoms with Crippen LogP contribution in [-0.4, -0.2) is 32.7 Å². The molecule has 2 heterocycles. The molecule has 3 aromatic rings. The molecule has 0 radical (unpaired) electrons. The Morgan fingerprint density at radius 2 is 2.04 bits per heavy atom. The molecule has 0 aliphatic rings. The van der Waals surface area contributed by atoms with Gasteiger partial charge in [-0.1, -0.05) is 30.3 Å². The van der Waals surface area contributed by atoms with Crippen LogP contribution in [0, 0.1) is 0 Å². The van der Waals surface area contributed by atoms with Crippen molar-refractivity contribution >= 4 is 5.91 Å². The summed E-state index contributed by atoms with van der Waals surface area (Å²) >= 11 is 0. The van der Waals surface area contributed by atoms with Gasteiger partial charge in [-0.3, -0.25) is 9.89 Å². The largest absolute Gasteiger partial charge is 0.467 e. The minimum absolute atomic E-state index is 0.0892. The Morgan fingerprint density at radius 3 is 2.71 bits per heavy atom. The molecule has 6 nitrogen and oxygen atoms in total. The third kappa shape index (κ3) is 4.11. The maximum Gasteiger partial charge on any atom is 0.228 e. The highest BCUT2D eigenvalue weighted by molar-refractivity contribution is 5.78. The molecule has 0 saturated heterocycles. The summed E-state index contributed by atoms with van der Waals surface area (Å²) in [6, 6.07) is 14.9. The Morgan fingerprint density at radius 1 is 1.21 bits per heavy atom. The van der Waals surface area contributed by atoms with E-state index in [2.05, 4.69) is 10.2 Å². The zero-order valence-corrected chi connectivity index (χ0v) is 13.1. The van der Waals surface area contributed by atoms with Gasteiger partial charge in [-0.15, -0.1) is 0 Å². The standard InChI is InChI=1S/C18H19N3O3/c22-16(17-7-4-10-24-17)13-21(12-14-5-2-1-3-6-14)18(23)11-15-8-9-19-20-15/h1-10,16,22H,11-13H2,(H,19,20). The van der Waals surface area contributed by atoms with Gasteiger partial charge in [-0.2, -0.15) is 5.10 Å². The number of hydrogen-bond acceptors (Lipinski definition) is 4. The highest BCUT2D eigenvalue weighted by Gasteiger charge is 2.21. The van der Waals surface area contributed by atoms with Crippen LogP contribution >= 0.6 is 0 Å². The minimum atomic E-state index is -0.866. The summed E-state index contributed by atoms with van der Waals surface area (Å²) in [6.45, 7) is 0.584. The summed E-state index contributed by atoms with van der Waals surface area (Å²) in [5, 5.41) is 17.0. The zero-order chi connectivity index (χ0) is 16.8. The molecule has 0 aliphatic heterocycles. The predicted molar refractivity (Wildman–Crippen MR) is 87.8 cm³/mol. The van der Waals surface area contributed by atoms with Gasteiger partial charge in [0.1, 0.15) is 11.9 Å². The topological polar surface area (TPSA) is 82.4 Å². The van der Waals surface area contributed by atoms with Crippen molar-refractivity contribution < 1.29 is 14.3 Å². The SMILES string of the molecule is O=C(Cc1ccn[nH]1)N(Cc1ccccc1)CC(O)c1ccco1. The van der Waals surface area contributed by atoms with E-state index in [4.69, 9.17) is 4.42 Å². The fourth-order valence-electron chi connectivity index (χ4n) is 2.50. The molecule has 1 amide bonds. The lowest BCUT2D eigenvalue weighted by atomic mass is 10.1.